The number of primary amides is 1. The molecule has 0 aliphatic heterocycles. The van der Waals surface area contributed by atoms with Crippen LogP contribution in [0.25, 0.3) is 21.7 Å². The van der Waals surface area contributed by atoms with Crippen molar-refractivity contribution in [2.45, 2.75) is 32.2 Å². The number of rotatable bonds is 13. The van der Waals surface area contributed by atoms with E-state index >= 15 is 0 Å². The van der Waals surface area contributed by atoms with Gasteiger partial charge in [-0.2, -0.15) is 5.26 Å². The number of hydrogen-bond acceptors (Lipinski definition) is 7. The Kier molecular flexibility index (Phi) is 9.44. The molecule has 9 heteroatoms. The maximum Gasteiger partial charge on any atom is 0.248 e. The lowest BCUT2D eigenvalue weighted by atomic mass is 10.0. The third kappa shape index (κ3) is 6.95. The first-order valence-corrected chi connectivity index (χ1v) is 13.0. The molecular weight excluding hydrogens is 500 g/mol. The Balaban J connectivity index is 1.19. The van der Waals surface area contributed by atoms with Crippen LogP contribution in [-0.4, -0.2) is 42.2 Å². The zero-order chi connectivity index (χ0) is 26.9. The predicted molar refractivity (Wildman–Crippen MR) is 151 cm³/mol. The molecule has 0 aliphatic carbocycles. The van der Waals surface area contributed by atoms with Crippen LogP contribution >= 0.6 is 11.6 Å². The van der Waals surface area contributed by atoms with Crippen molar-refractivity contribution >= 4 is 45.0 Å². The first-order valence-electron chi connectivity index (χ1n) is 12.6. The largest absolute Gasteiger partial charge is 0.380 e. The first kappa shape index (κ1) is 27.3. The maximum atomic E-state index is 11.6. The average molecular weight is 531 g/mol. The van der Waals surface area contributed by atoms with E-state index in [1.165, 1.54) is 0 Å². The molecule has 4 rings (SSSR count). The second-order valence-electron chi connectivity index (χ2n) is 9.14. The monoisotopic (exact) mass is 530 g/mol. The van der Waals surface area contributed by atoms with E-state index in [-0.39, 0.29) is 5.92 Å². The number of nitrogens with zero attached hydrogens (tertiary/aromatic N) is 3. The molecule has 2 aromatic heterocycles. The summed E-state index contributed by atoms with van der Waals surface area (Å²) in [4.78, 5) is 20.6. The Morgan fingerprint density at radius 3 is 2.79 bits per heavy atom. The average Bonchev–Trinajstić information content (AvgIpc) is 2.92. The number of aromatic nitrogens is 2. The zero-order valence-electron chi connectivity index (χ0n) is 21.3. The van der Waals surface area contributed by atoms with Crippen molar-refractivity contribution in [2.24, 2.45) is 5.73 Å². The lowest BCUT2D eigenvalue weighted by molar-refractivity contribution is 0.100. The van der Waals surface area contributed by atoms with Crippen LogP contribution in [0.3, 0.4) is 0 Å². The van der Waals surface area contributed by atoms with Gasteiger partial charge in [-0.3, -0.25) is 9.78 Å². The molecule has 38 heavy (non-hydrogen) atoms. The Bertz CT molecular complexity index is 1470. The molecule has 196 valence electrons. The number of carbonyl (C=O) groups is 1. The van der Waals surface area contributed by atoms with Crippen LogP contribution in [0.4, 0.5) is 5.82 Å². The van der Waals surface area contributed by atoms with Gasteiger partial charge in [-0.1, -0.05) is 23.7 Å². The summed E-state index contributed by atoms with van der Waals surface area (Å²) in [6, 6.07) is 15.3. The second-order valence-corrected chi connectivity index (χ2v) is 9.58. The Morgan fingerprint density at radius 2 is 1.97 bits per heavy atom. The molecule has 1 amide bonds. The van der Waals surface area contributed by atoms with Crippen molar-refractivity contribution in [1.82, 2.24) is 15.3 Å². The van der Waals surface area contributed by atoms with Gasteiger partial charge in [0.25, 0.3) is 0 Å². The van der Waals surface area contributed by atoms with E-state index in [4.69, 9.17) is 32.3 Å². The van der Waals surface area contributed by atoms with Gasteiger partial charge in [0.05, 0.1) is 24.1 Å². The highest BCUT2D eigenvalue weighted by Crippen LogP contribution is 2.29. The maximum absolute atomic E-state index is 11.6. The van der Waals surface area contributed by atoms with Crippen LogP contribution in [0.2, 0.25) is 5.02 Å². The summed E-state index contributed by atoms with van der Waals surface area (Å²) in [6.45, 7) is 5.26. The highest BCUT2D eigenvalue weighted by molar-refractivity contribution is 6.30. The van der Waals surface area contributed by atoms with E-state index < -0.39 is 5.91 Å². The minimum atomic E-state index is -0.484. The van der Waals surface area contributed by atoms with Gasteiger partial charge >= 0.3 is 0 Å². The van der Waals surface area contributed by atoms with Crippen molar-refractivity contribution in [3.8, 4) is 6.07 Å². The molecule has 0 saturated heterocycles. The van der Waals surface area contributed by atoms with Gasteiger partial charge in [0.2, 0.25) is 5.91 Å². The van der Waals surface area contributed by atoms with E-state index in [0.29, 0.717) is 42.4 Å². The lowest BCUT2D eigenvalue weighted by Crippen LogP contribution is -2.16. The molecule has 1 atom stereocenters. The smallest absolute Gasteiger partial charge is 0.248 e. The minimum absolute atomic E-state index is 0.179. The van der Waals surface area contributed by atoms with Crippen LogP contribution in [0.15, 0.2) is 54.9 Å². The van der Waals surface area contributed by atoms with Gasteiger partial charge in [0.1, 0.15) is 5.82 Å². The molecule has 0 bridgehead atoms. The quantitative estimate of drug-likeness (QED) is 0.161. The molecule has 2 heterocycles. The van der Waals surface area contributed by atoms with E-state index in [0.717, 1.165) is 52.5 Å². The van der Waals surface area contributed by atoms with Crippen molar-refractivity contribution in [2.75, 3.05) is 31.6 Å². The topological polar surface area (TPSA) is 126 Å². The fourth-order valence-corrected chi connectivity index (χ4v) is 4.53. The van der Waals surface area contributed by atoms with Crippen LogP contribution in [0.1, 0.15) is 47.2 Å². The van der Waals surface area contributed by atoms with Crippen LogP contribution in [0, 0.1) is 11.3 Å². The van der Waals surface area contributed by atoms with Crippen molar-refractivity contribution < 1.29 is 9.53 Å². The highest BCUT2D eigenvalue weighted by atomic mass is 35.5. The minimum Gasteiger partial charge on any atom is -0.380 e. The summed E-state index contributed by atoms with van der Waals surface area (Å²) in [5.74, 6) is 0.0566. The van der Waals surface area contributed by atoms with E-state index in [1.54, 1.807) is 24.5 Å². The third-order valence-electron chi connectivity index (χ3n) is 6.31. The number of anilines is 1. The van der Waals surface area contributed by atoms with E-state index in [2.05, 4.69) is 21.7 Å². The molecule has 4 aromatic rings. The molecule has 0 spiro atoms. The molecule has 0 unspecified atom stereocenters. The van der Waals surface area contributed by atoms with Crippen molar-refractivity contribution in [3.05, 3.63) is 76.6 Å². The summed E-state index contributed by atoms with van der Waals surface area (Å²) in [5.41, 5.74) is 8.57. The second kappa shape index (κ2) is 13.2. The van der Waals surface area contributed by atoms with E-state index in [1.807, 2.05) is 37.3 Å². The fourth-order valence-electron chi connectivity index (χ4n) is 4.27. The molecule has 8 nitrogen and oxygen atoms in total. The van der Waals surface area contributed by atoms with Gasteiger partial charge in [-0.05, 0) is 67.8 Å². The summed E-state index contributed by atoms with van der Waals surface area (Å²) in [5, 5.41) is 19.4. The number of amides is 1. The number of nitrogens with one attached hydrogen (secondary N) is 2. The molecular formula is C29H31ClN6O2. The molecule has 0 saturated carbocycles. The Labute approximate surface area is 227 Å². The van der Waals surface area contributed by atoms with E-state index in [9.17, 15) is 4.79 Å². The molecule has 0 radical (unpaired) electrons. The Morgan fingerprint density at radius 1 is 1.11 bits per heavy atom. The number of nitriles is 1. The van der Waals surface area contributed by atoms with Crippen molar-refractivity contribution in [3.63, 3.8) is 0 Å². The highest BCUT2D eigenvalue weighted by Gasteiger charge is 2.11. The van der Waals surface area contributed by atoms with Gasteiger partial charge < -0.3 is 21.1 Å². The normalized spacial score (nSPS) is 11.9. The SMILES string of the molecule is C[C@@H](C#N)c1cc(Cl)cc(CNCCCCOCCNc2nc3cc(C(N)=O)ccc3c3cnccc23)c1. The molecule has 0 aliphatic rings. The number of carbonyl (C=O) groups excluding carboxylic acids is 1. The molecule has 0 fully saturated rings. The standard InChI is InChI=1S/C29H31ClN6O2/c1-19(16-31)22-12-20(13-23(30)14-22)17-33-7-2-3-10-38-11-9-35-29-25-6-8-34-18-26(25)24-5-4-21(28(32)37)15-27(24)36-29/h4-6,8,12-15,18-19,33H,2-3,7,9-11,17H2,1H3,(H2,32,37)(H,35,36)/t19-/m0/s1. The summed E-state index contributed by atoms with van der Waals surface area (Å²) in [6.07, 6.45) is 5.47. The molecule has 4 N–H and O–H groups in total. The van der Waals surface area contributed by atoms with Gasteiger partial charge in [0.15, 0.2) is 0 Å². The van der Waals surface area contributed by atoms with Crippen LogP contribution in [0.5, 0.6) is 0 Å². The lowest BCUT2D eigenvalue weighted by Gasteiger charge is -2.12. The van der Waals surface area contributed by atoms with Gasteiger partial charge in [-0.15, -0.1) is 0 Å². The number of halogens is 1. The number of hydrogen-bond donors (Lipinski definition) is 3. The van der Waals surface area contributed by atoms with Gasteiger partial charge in [0, 0.05) is 58.8 Å². The summed E-state index contributed by atoms with van der Waals surface area (Å²) >= 11 is 6.20. The zero-order valence-corrected chi connectivity index (χ0v) is 22.1. The summed E-state index contributed by atoms with van der Waals surface area (Å²) < 4.78 is 5.80. The number of nitrogens with two attached hydrogens (primary N) is 1. The number of ether oxygens (including phenoxy) is 1. The fraction of sp³-hybridized carbons (Fsp3) is 0.310. The van der Waals surface area contributed by atoms with Crippen LogP contribution in [-0.2, 0) is 11.3 Å². The van der Waals surface area contributed by atoms with Crippen molar-refractivity contribution in [1.29, 1.82) is 5.26 Å². The number of pyridine rings is 2. The first-order chi connectivity index (χ1) is 18.5. The third-order valence-corrected chi connectivity index (χ3v) is 6.53. The summed E-state index contributed by atoms with van der Waals surface area (Å²) in [7, 11) is 0. The number of benzene rings is 2. The van der Waals surface area contributed by atoms with Gasteiger partial charge in [-0.25, -0.2) is 4.98 Å². The Hall–Kier alpha value is -3.77. The predicted octanol–water partition coefficient (Wildman–Crippen LogP) is 5.16. The number of fused-ring (bicyclic) bond motifs is 3. The van der Waals surface area contributed by atoms with Crippen LogP contribution < -0.4 is 16.4 Å². The molecule has 2 aromatic carbocycles. The number of unbranched alkanes of at least 4 members (excludes halogenated alkanes) is 1.